The SMILES string of the molecule is Cc1nc(CC(=O)CC2CNCCO2)cs1. The normalized spacial score (nSPS) is 20.9. The van der Waals surface area contributed by atoms with E-state index < -0.39 is 0 Å². The standard InChI is InChI=1S/C11H16N2O2S/c1-8-13-9(7-16-8)4-10(14)5-11-6-12-2-3-15-11/h7,11-12H,2-6H2,1H3. The van der Waals surface area contributed by atoms with Crippen LogP contribution in [-0.2, 0) is 16.0 Å². The number of rotatable bonds is 4. The van der Waals surface area contributed by atoms with Gasteiger partial charge in [0.05, 0.1) is 23.4 Å². The lowest BCUT2D eigenvalue weighted by Gasteiger charge is -2.22. The zero-order chi connectivity index (χ0) is 11.4. The second-order valence-corrected chi connectivity index (χ2v) is 5.04. The van der Waals surface area contributed by atoms with E-state index in [1.807, 2.05) is 12.3 Å². The molecule has 1 aromatic heterocycles. The predicted octanol–water partition coefficient (Wildman–Crippen LogP) is 0.942. The van der Waals surface area contributed by atoms with Crippen molar-refractivity contribution in [1.82, 2.24) is 10.3 Å². The molecular weight excluding hydrogens is 224 g/mol. The van der Waals surface area contributed by atoms with Crippen LogP contribution in [-0.4, -0.2) is 36.6 Å². The third-order valence-electron chi connectivity index (χ3n) is 2.50. The Morgan fingerprint density at radius 1 is 1.75 bits per heavy atom. The molecule has 4 nitrogen and oxygen atoms in total. The first-order valence-corrected chi connectivity index (χ1v) is 6.37. The van der Waals surface area contributed by atoms with Crippen LogP contribution in [0.5, 0.6) is 0 Å². The smallest absolute Gasteiger partial charge is 0.141 e. The van der Waals surface area contributed by atoms with E-state index in [0.717, 1.165) is 23.8 Å². The van der Waals surface area contributed by atoms with Crippen molar-refractivity contribution in [1.29, 1.82) is 0 Å². The molecule has 0 saturated carbocycles. The topological polar surface area (TPSA) is 51.2 Å². The van der Waals surface area contributed by atoms with Gasteiger partial charge < -0.3 is 10.1 Å². The Balaban J connectivity index is 1.79. The molecular formula is C11H16N2O2S. The number of Topliss-reactive ketones (excluding diaryl/α,β-unsaturated/α-hetero) is 1. The minimum atomic E-state index is 0.0426. The van der Waals surface area contributed by atoms with E-state index in [4.69, 9.17) is 4.74 Å². The zero-order valence-electron chi connectivity index (χ0n) is 9.36. The lowest BCUT2D eigenvalue weighted by Crippen LogP contribution is -2.39. The molecule has 0 bridgehead atoms. The van der Waals surface area contributed by atoms with E-state index in [1.54, 1.807) is 11.3 Å². The van der Waals surface area contributed by atoms with Gasteiger partial charge >= 0.3 is 0 Å². The zero-order valence-corrected chi connectivity index (χ0v) is 10.2. The summed E-state index contributed by atoms with van der Waals surface area (Å²) in [5.41, 5.74) is 0.885. The highest BCUT2D eigenvalue weighted by Gasteiger charge is 2.17. The highest BCUT2D eigenvalue weighted by molar-refractivity contribution is 7.09. The van der Waals surface area contributed by atoms with Crippen molar-refractivity contribution < 1.29 is 9.53 Å². The Labute approximate surface area is 99.0 Å². The number of hydrogen-bond acceptors (Lipinski definition) is 5. The summed E-state index contributed by atoms with van der Waals surface area (Å²) in [6.07, 6.45) is 0.967. The van der Waals surface area contributed by atoms with E-state index in [2.05, 4.69) is 10.3 Å². The Morgan fingerprint density at radius 2 is 2.62 bits per heavy atom. The molecule has 5 heteroatoms. The molecule has 2 rings (SSSR count). The molecule has 0 amide bonds. The van der Waals surface area contributed by atoms with Crippen molar-refractivity contribution in [3.8, 4) is 0 Å². The number of hydrogen-bond donors (Lipinski definition) is 1. The molecule has 0 spiro atoms. The maximum atomic E-state index is 11.7. The summed E-state index contributed by atoms with van der Waals surface area (Å²) in [7, 11) is 0. The third kappa shape index (κ3) is 3.37. The van der Waals surface area contributed by atoms with E-state index in [1.165, 1.54) is 0 Å². The number of aryl methyl sites for hydroxylation is 1. The minimum Gasteiger partial charge on any atom is -0.375 e. The van der Waals surface area contributed by atoms with E-state index in [-0.39, 0.29) is 11.9 Å². The Hall–Kier alpha value is -0.780. The van der Waals surface area contributed by atoms with Gasteiger partial charge in [0.25, 0.3) is 0 Å². The first-order chi connectivity index (χ1) is 7.74. The van der Waals surface area contributed by atoms with E-state index in [0.29, 0.717) is 19.4 Å². The molecule has 1 N–H and O–H groups in total. The molecule has 1 aliphatic rings. The Kier molecular flexibility index (Phi) is 4.04. The second-order valence-electron chi connectivity index (χ2n) is 3.97. The van der Waals surface area contributed by atoms with Gasteiger partial charge in [-0.1, -0.05) is 0 Å². The van der Waals surface area contributed by atoms with Gasteiger partial charge in [0, 0.05) is 31.3 Å². The Morgan fingerprint density at radius 3 is 3.25 bits per heavy atom. The molecule has 2 heterocycles. The van der Waals surface area contributed by atoms with Crippen LogP contribution in [0.4, 0.5) is 0 Å². The van der Waals surface area contributed by atoms with Gasteiger partial charge in [0.15, 0.2) is 0 Å². The van der Waals surface area contributed by atoms with E-state index >= 15 is 0 Å². The highest BCUT2D eigenvalue weighted by atomic mass is 32.1. The van der Waals surface area contributed by atoms with Crippen molar-refractivity contribution in [2.45, 2.75) is 25.9 Å². The first kappa shape index (κ1) is 11.7. The van der Waals surface area contributed by atoms with Crippen LogP contribution in [0, 0.1) is 6.92 Å². The highest BCUT2D eigenvalue weighted by Crippen LogP contribution is 2.11. The number of thiazole rings is 1. The van der Waals surface area contributed by atoms with Crippen LogP contribution in [0.15, 0.2) is 5.38 Å². The average molecular weight is 240 g/mol. The molecule has 1 aromatic rings. The monoisotopic (exact) mass is 240 g/mol. The van der Waals surface area contributed by atoms with Crippen LogP contribution in [0.2, 0.25) is 0 Å². The fraction of sp³-hybridized carbons (Fsp3) is 0.636. The molecule has 0 aromatic carbocycles. The molecule has 0 aliphatic carbocycles. The predicted molar refractivity (Wildman–Crippen MR) is 62.8 cm³/mol. The first-order valence-electron chi connectivity index (χ1n) is 5.49. The molecule has 1 aliphatic heterocycles. The maximum absolute atomic E-state index is 11.7. The van der Waals surface area contributed by atoms with Crippen molar-refractivity contribution in [2.75, 3.05) is 19.7 Å². The summed E-state index contributed by atoms with van der Waals surface area (Å²) < 4.78 is 5.49. The number of nitrogens with zero attached hydrogens (tertiary/aromatic N) is 1. The van der Waals surface area contributed by atoms with Crippen molar-refractivity contribution >= 4 is 17.1 Å². The van der Waals surface area contributed by atoms with Crippen LogP contribution in [0.3, 0.4) is 0 Å². The summed E-state index contributed by atoms with van der Waals surface area (Å²) in [5.74, 6) is 0.207. The molecule has 16 heavy (non-hydrogen) atoms. The van der Waals surface area contributed by atoms with Gasteiger partial charge in [-0.2, -0.15) is 0 Å². The van der Waals surface area contributed by atoms with Gasteiger partial charge in [-0.15, -0.1) is 11.3 Å². The van der Waals surface area contributed by atoms with Crippen molar-refractivity contribution in [3.63, 3.8) is 0 Å². The van der Waals surface area contributed by atoms with Crippen molar-refractivity contribution in [2.24, 2.45) is 0 Å². The largest absolute Gasteiger partial charge is 0.375 e. The minimum absolute atomic E-state index is 0.0426. The number of ketones is 1. The van der Waals surface area contributed by atoms with Crippen LogP contribution in [0.1, 0.15) is 17.1 Å². The number of ether oxygens (including phenoxy) is 1. The third-order valence-corrected chi connectivity index (χ3v) is 3.33. The summed E-state index contributed by atoms with van der Waals surface area (Å²) in [5, 5.41) is 6.18. The number of nitrogens with one attached hydrogen (secondary N) is 1. The quantitative estimate of drug-likeness (QED) is 0.851. The number of aromatic nitrogens is 1. The summed E-state index contributed by atoms with van der Waals surface area (Å²) in [6.45, 7) is 4.32. The molecule has 1 atom stereocenters. The summed E-state index contributed by atoms with van der Waals surface area (Å²) >= 11 is 1.59. The van der Waals surface area contributed by atoms with Crippen LogP contribution < -0.4 is 5.32 Å². The molecule has 88 valence electrons. The summed E-state index contributed by atoms with van der Waals surface area (Å²) in [6, 6.07) is 0. The molecule has 1 fully saturated rings. The number of carbonyl (C=O) groups is 1. The lowest BCUT2D eigenvalue weighted by molar-refractivity contribution is -0.121. The number of carbonyl (C=O) groups excluding carboxylic acids is 1. The average Bonchev–Trinajstić information content (AvgIpc) is 2.65. The van der Waals surface area contributed by atoms with Gasteiger partial charge in [-0.3, -0.25) is 4.79 Å². The summed E-state index contributed by atoms with van der Waals surface area (Å²) in [4.78, 5) is 16.0. The maximum Gasteiger partial charge on any atom is 0.141 e. The van der Waals surface area contributed by atoms with Crippen molar-refractivity contribution in [3.05, 3.63) is 16.1 Å². The van der Waals surface area contributed by atoms with E-state index in [9.17, 15) is 4.79 Å². The van der Waals surface area contributed by atoms with Gasteiger partial charge in [-0.25, -0.2) is 4.98 Å². The fourth-order valence-electron chi connectivity index (χ4n) is 1.77. The van der Waals surface area contributed by atoms with Crippen LogP contribution >= 0.6 is 11.3 Å². The molecule has 0 radical (unpaired) electrons. The molecule has 1 saturated heterocycles. The number of morpholine rings is 1. The molecule has 1 unspecified atom stereocenters. The van der Waals surface area contributed by atoms with Gasteiger partial charge in [-0.05, 0) is 6.92 Å². The van der Waals surface area contributed by atoms with Gasteiger partial charge in [0.1, 0.15) is 5.78 Å². The van der Waals surface area contributed by atoms with Gasteiger partial charge in [0.2, 0.25) is 0 Å². The van der Waals surface area contributed by atoms with Crippen LogP contribution in [0.25, 0.3) is 0 Å². The second kappa shape index (κ2) is 5.52. The Bertz CT molecular complexity index is 359. The fourth-order valence-corrected chi connectivity index (χ4v) is 2.38. The lowest BCUT2D eigenvalue weighted by atomic mass is 10.1.